The highest BCUT2D eigenvalue weighted by Crippen LogP contribution is 2.61. The fraction of sp³-hybridized carbons (Fsp3) is 0.700. The molecular weight excluding hydrogens is 256 g/mol. The van der Waals surface area contributed by atoms with Crippen molar-refractivity contribution in [2.24, 2.45) is 22.7 Å². The fourth-order valence-corrected chi connectivity index (χ4v) is 5.01. The van der Waals surface area contributed by atoms with Gasteiger partial charge in [-0.15, -0.1) is 0 Å². The van der Waals surface area contributed by atoms with Gasteiger partial charge >= 0.3 is 0 Å². The molecule has 0 unspecified atom stereocenters. The zero-order valence-corrected chi connectivity index (χ0v) is 14.3. The Morgan fingerprint density at radius 1 is 1.33 bits per heavy atom. The van der Waals surface area contributed by atoms with E-state index in [1.54, 1.807) is 0 Å². The minimum absolute atomic E-state index is 0.274. The monoisotopic (exact) mass is 288 g/mol. The molecule has 0 heterocycles. The van der Waals surface area contributed by atoms with E-state index in [0.717, 1.165) is 18.4 Å². The van der Waals surface area contributed by atoms with E-state index in [-0.39, 0.29) is 11.5 Å². The first kappa shape index (κ1) is 16.5. The third-order valence-corrected chi connectivity index (χ3v) is 6.40. The SMILES string of the molecule is C=C/C(C)=C/C[C@H]1C(=C)[C@@H](O)C[C@@H]2C(C)(C)CCC[C@@]21C. The van der Waals surface area contributed by atoms with Gasteiger partial charge in [-0.3, -0.25) is 0 Å². The van der Waals surface area contributed by atoms with Crippen molar-refractivity contribution < 1.29 is 5.11 Å². The summed E-state index contributed by atoms with van der Waals surface area (Å²) in [4.78, 5) is 0. The summed E-state index contributed by atoms with van der Waals surface area (Å²) in [5.74, 6) is 0.974. The fourth-order valence-electron chi connectivity index (χ4n) is 5.01. The number of aliphatic hydroxyl groups excluding tert-OH is 1. The molecule has 2 aliphatic rings. The molecule has 0 aromatic carbocycles. The molecule has 0 aromatic heterocycles. The molecule has 0 saturated heterocycles. The molecule has 0 aromatic rings. The van der Waals surface area contributed by atoms with Crippen LogP contribution >= 0.6 is 0 Å². The largest absolute Gasteiger partial charge is 0.389 e. The summed E-state index contributed by atoms with van der Waals surface area (Å²) in [5.41, 5.74) is 2.87. The van der Waals surface area contributed by atoms with Crippen molar-refractivity contribution in [3.63, 3.8) is 0 Å². The van der Waals surface area contributed by atoms with Gasteiger partial charge in [-0.2, -0.15) is 0 Å². The van der Waals surface area contributed by atoms with Crippen LogP contribution in [0.4, 0.5) is 0 Å². The highest BCUT2D eigenvalue weighted by molar-refractivity contribution is 5.23. The summed E-state index contributed by atoms with van der Waals surface area (Å²) in [7, 11) is 0. The minimum Gasteiger partial charge on any atom is -0.389 e. The van der Waals surface area contributed by atoms with Crippen molar-refractivity contribution in [1.82, 2.24) is 0 Å². The molecule has 0 radical (unpaired) electrons. The van der Waals surface area contributed by atoms with Crippen LogP contribution in [-0.2, 0) is 0 Å². The molecule has 118 valence electrons. The lowest BCUT2D eigenvalue weighted by Crippen LogP contribution is -2.52. The molecule has 21 heavy (non-hydrogen) atoms. The number of hydrogen-bond acceptors (Lipinski definition) is 1. The van der Waals surface area contributed by atoms with Crippen LogP contribution in [0.3, 0.4) is 0 Å². The predicted molar refractivity (Wildman–Crippen MR) is 91.1 cm³/mol. The van der Waals surface area contributed by atoms with Crippen molar-refractivity contribution in [2.45, 2.75) is 65.9 Å². The van der Waals surface area contributed by atoms with Gasteiger partial charge in [0.1, 0.15) is 0 Å². The number of allylic oxidation sites excluding steroid dienone is 3. The Kier molecular flexibility index (Phi) is 4.54. The molecule has 0 amide bonds. The molecule has 2 saturated carbocycles. The molecule has 2 fully saturated rings. The maximum absolute atomic E-state index is 10.5. The average Bonchev–Trinajstić information content (AvgIpc) is 2.41. The summed E-state index contributed by atoms with van der Waals surface area (Å²) < 4.78 is 0. The second-order valence-corrected chi connectivity index (χ2v) is 8.17. The van der Waals surface area contributed by atoms with Crippen LogP contribution in [0.15, 0.2) is 36.5 Å². The molecule has 1 nitrogen and oxygen atoms in total. The number of aliphatic hydroxyl groups is 1. The molecule has 0 bridgehead atoms. The van der Waals surface area contributed by atoms with E-state index in [0.29, 0.717) is 17.3 Å². The van der Waals surface area contributed by atoms with E-state index in [4.69, 9.17) is 0 Å². The van der Waals surface area contributed by atoms with Gasteiger partial charge in [-0.25, -0.2) is 0 Å². The second kappa shape index (κ2) is 5.76. The zero-order valence-electron chi connectivity index (χ0n) is 14.3. The molecule has 0 spiro atoms. The topological polar surface area (TPSA) is 20.2 Å². The first-order valence-corrected chi connectivity index (χ1v) is 8.38. The Hall–Kier alpha value is -0.820. The van der Waals surface area contributed by atoms with Gasteiger partial charge in [0.15, 0.2) is 0 Å². The van der Waals surface area contributed by atoms with Crippen LogP contribution < -0.4 is 0 Å². The van der Waals surface area contributed by atoms with Crippen LogP contribution in [0.25, 0.3) is 0 Å². The van der Waals surface area contributed by atoms with Gasteiger partial charge in [0.2, 0.25) is 0 Å². The molecule has 1 N–H and O–H groups in total. The Balaban J connectivity index is 2.35. The van der Waals surface area contributed by atoms with Crippen molar-refractivity contribution in [3.05, 3.63) is 36.5 Å². The van der Waals surface area contributed by atoms with Gasteiger partial charge in [0.25, 0.3) is 0 Å². The van der Waals surface area contributed by atoms with E-state index in [9.17, 15) is 5.11 Å². The van der Waals surface area contributed by atoms with E-state index in [2.05, 4.69) is 46.9 Å². The Bertz CT molecular complexity index is 456. The minimum atomic E-state index is -0.331. The molecule has 2 aliphatic carbocycles. The van der Waals surface area contributed by atoms with E-state index in [1.807, 2.05) is 6.08 Å². The summed E-state index contributed by atoms with van der Waals surface area (Å²) in [5, 5.41) is 10.5. The van der Waals surface area contributed by atoms with E-state index < -0.39 is 0 Å². The lowest BCUT2D eigenvalue weighted by Gasteiger charge is -2.59. The van der Waals surface area contributed by atoms with Crippen molar-refractivity contribution in [3.8, 4) is 0 Å². The maximum atomic E-state index is 10.5. The third kappa shape index (κ3) is 2.90. The van der Waals surface area contributed by atoms with Crippen molar-refractivity contribution in [2.75, 3.05) is 0 Å². The molecule has 2 rings (SSSR count). The highest BCUT2D eigenvalue weighted by atomic mass is 16.3. The van der Waals surface area contributed by atoms with Gasteiger partial charge < -0.3 is 5.11 Å². The summed E-state index contributed by atoms with van der Waals surface area (Å²) in [6.45, 7) is 17.4. The average molecular weight is 288 g/mol. The first-order valence-electron chi connectivity index (χ1n) is 8.38. The van der Waals surface area contributed by atoms with Gasteiger partial charge in [-0.05, 0) is 60.8 Å². The lowest BCUT2D eigenvalue weighted by molar-refractivity contribution is -0.0809. The summed E-state index contributed by atoms with van der Waals surface area (Å²) in [6, 6.07) is 0. The lowest BCUT2D eigenvalue weighted by atomic mass is 9.46. The molecule has 1 heteroatoms. The van der Waals surface area contributed by atoms with Gasteiger partial charge in [0.05, 0.1) is 6.10 Å². The molecule has 0 aliphatic heterocycles. The second-order valence-electron chi connectivity index (χ2n) is 8.17. The van der Waals surface area contributed by atoms with Crippen LogP contribution in [-0.4, -0.2) is 11.2 Å². The van der Waals surface area contributed by atoms with Gasteiger partial charge in [0, 0.05) is 0 Å². The van der Waals surface area contributed by atoms with Crippen LogP contribution in [0.1, 0.15) is 59.8 Å². The van der Waals surface area contributed by atoms with Crippen LogP contribution in [0.2, 0.25) is 0 Å². The van der Waals surface area contributed by atoms with Crippen molar-refractivity contribution in [1.29, 1.82) is 0 Å². The summed E-state index contributed by atoms with van der Waals surface area (Å²) in [6.07, 6.45) is 9.56. The Morgan fingerprint density at radius 2 is 2.00 bits per heavy atom. The van der Waals surface area contributed by atoms with Crippen LogP contribution in [0, 0.1) is 22.7 Å². The van der Waals surface area contributed by atoms with E-state index >= 15 is 0 Å². The van der Waals surface area contributed by atoms with Crippen LogP contribution in [0.5, 0.6) is 0 Å². The quantitative estimate of drug-likeness (QED) is 0.553. The van der Waals surface area contributed by atoms with Gasteiger partial charge in [-0.1, -0.05) is 58.1 Å². The van der Waals surface area contributed by atoms with E-state index in [1.165, 1.54) is 24.8 Å². The maximum Gasteiger partial charge on any atom is 0.0753 e. The predicted octanol–water partition coefficient (Wildman–Crippen LogP) is 5.28. The normalized spacial score (nSPS) is 39.8. The molecular formula is C20H32O. The van der Waals surface area contributed by atoms with Crippen molar-refractivity contribution >= 4 is 0 Å². The smallest absolute Gasteiger partial charge is 0.0753 e. The standard InChI is InChI=1S/C20H32O/c1-7-14(2)9-10-16-15(3)17(21)13-18-19(4,5)11-8-12-20(16,18)6/h7,9,16-18,21H,1,3,8,10-13H2,2,4-6H3/b14-9+/t16-,17-,18+,20+/m0/s1. The first-order chi connectivity index (χ1) is 9.72. The zero-order chi connectivity index (χ0) is 15.8. The summed E-state index contributed by atoms with van der Waals surface area (Å²) >= 11 is 0. The Labute approximate surface area is 130 Å². The number of fused-ring (bicyclic) bond motifs is 1. The Morgan fingerprint density at radius 3 is 2.62 bits per heavy atom. The number of rotatable bonds is 3. The molecule has 4 atom stereocenters. The third-order valence-electron chi connectivity index (χ3n) is 6.40. The highest BCUT2D eigenvalue weighted by Gasteiger charge is 2.54. The number of hydrogen-bond donors (Lipinski definition) is 1.